The summed E-state index contributed by atoms with van der Waals surface area (Å²) in [5.74, 6) is -2.31. The molecule has 3 rings (SSSR count). The molecule has 5 nitrogen and oxygen atoms in total. The second-order valence-electron chi connectivity index (χ2n) is 6.91. The van der Waals surface area contributed by atoms with Gasteiger partial charge in [0.1, 0.15) is 11.5 Å². The van der Waals surface area contributed by atoms with Crippen LogP contribution in [-0.4, -0.2) is 46.2 Å². The average Bonchev–Trinajstić information content (AvgIpc) is 3.06. The molecule has 5 heteroatoms. The number of rotatable bonds is 5. The number of carbonyl (C=O) groups excluding carboxylic acids is 1. The van der Waals surface area contributed by atoms with Gasteiger partial charge in [-0.05, 0) is 33.6 Å². The molecule has 2 fully saturated rings. The fourth-order valence-electron chi connectivity index (χ4n) is 3.95. The fraction of sp³-hybridized carbons (Fsp3) is 0.647. The maximum Gasteiger partial charge on any atom is 0.310 e. The van der Waals surface area contributed by atoms with Crippen LogP contribution in [0.1, 0.15) is 33.6 Å². The molecule has 0 aliphatic carbocycles. The zero-order valence-electron chi connectivity index (χ0n) is 13.3. The largest absolute Gasteiger partial charge is 0.481 e. The molecule has 3 heterocycles. The van der Waals surface area contributed by atoms with Crippen LogP contribution in [0.25, 0.3) is 0 Å². The lowest BCUT2D eigenvalue weighted by atomic mass is 9.77. The molecule has 0 radical (unpaired) electrons. The minimum atomic E-state index is -0.936. The molecule has 5 atom stereocenters. The van der Waals surface area contributed by atoms with E-state index in [2.05, 4.69) is 19.9 Å². The Morgan fingerprint density at radius 2 is 2.32 bits per heavy atom. The van der Waals surface area contributed by atoms with E-state index in [-0.39, 0.29) is 11.9 Å². The molecule has 3 aliphatic heterocycles. The first kappa shape index (κ1) is 15.3. The van der Waals surface area contributed by atoms with Gasteiger partial charge in [0.05, 0.1) is 18.6 Å². The maximum absolute atomic E-state index is 12.8. The van der Waals surface area contributed by atoms with E-state index < -0.39 is 29.5 Å². The summed E-state index contributed by atoms with van der Waals surface area (Å²) in [4.78, 5) is 26.1. The van der Waals surface area contributed by atoms with E-state index in [1.807, 2.05) is 17.9 Å². The highest BCUT2D eigenvalue weighted by Gasteiger charge is 2.67. The summed E-state index contributed by atoms with van der Waals surface area (Å²) < 4.78 is 5.88. The van der Waals surface area contributed by atoms with Gasteiger partial charge in [-0.15, -0.1) is 0 Å². The summed E-state index contributed by atoms with van der Waals surface area (Å²) in [5.41, 5.74) is 0.557. The molecule has 0 aromatic carbocycles. The zero-order chi connectivity index (χ0) is 16.1. The Balaban J connectivity index is 1.76. The molecule has 2 bridgehead atoms. The molecule has 2 saturated heterocycles. The summed E-state index contributed by atoms with van der Waals surface area (Å²) >= 11 is 0. The van der Waals surface area contributed by atoms with Crippen molar-refractivity contribution in [3.63, 3.8) is 0 Å². The molecule has 1 N–H and O–H groups in total. The quantitative estimate of drug-likeness (QED) is 0.789. The lowest BCUT2D eigenvalue weighted by Crippen LogP contribution is -2.40. The molecule has 0 aromatic rings. The fourth-order valence-corrected chi connectivity index (χ4v) is 3.95. The van der Waals surface area contributed by atoms with Crippen LogP contribution in [-0.2, 0) is 14.3 Å². The van der Waals surface area contributed by atoms with E-state index in [1.165, 1.54) is 5.57 Å². The molecule has 1 spiro atoms. The molecular formula is C17H23NO4. The number of allylic oxidation sites excluding steroid dienone is 2. The molecule has 0 aromatic heterocycles. The van der Waals surface area contributed by atoms with Gasteiger partial charge in [-0.1, -0.05) is 23.8 Å². The first-order chi connectivity index (χ1) is 10.4. The van der Waals surface area contributed by atoms with Crippen molar-refractivity contribution in [1.29, 1.82) is 0 Å². The summed E-state index contributed by atoms with van der Waals surface area (Å²) in [6.07, 6.45) is 7.23. The van der Waals surface area contributed by atoms with E-state index in [4.69, 9.17) is 4.74 Å². The molecular weight excluding hydrogens is 282 g/mol. The lowest BCUT2D eigenvalue weighted by Gasteiger charge is -2.27. The van der Waals surface area contributed by atoms with E-state index in [1.54, 1.807) is 6.08 Å². The standard InChI is InChI=1S/C17H23NO4/c1-10(2)5-4-6-11(3)18-9-17-8-7-12(22-17)13(16(20)21)14(17)15(18)19/h5,7-8,11-14H,4,6,9H2,1-3H3,(H,20,21)/t11-,12-,13-,14-,17+/m1/s1. The van der Waals surface area contributed by atoms with Crippen molar-refractivity contribution in [2.24, 2.45) is 11.8 Å². The van der Waals surface area contributed by atoms with Crippen molar-refractivity contribution in [3.8, 4) is 0 Å². The number of carbonyl (C=O) groups is 2. The van der Waals surface area contributed by atoms with Gasteiger partial charge in [-0.2, -0.15) is 0 Å². The van der Waals surface area contributed by atoms with E-state index in [0.29, 0.717) is 6.54 Å². The predicted octanol–water partition coefficient (Wildman–Crippen LogP) is 1.99. The van der Waals surface area contributed by atoms with Gasteiger partial charge in [0.15, 0.2) is 0 Å². The monoisotopic (exact) mass is 305 g/mol. The summed E-state index contributed by atoms with van der Waals surface area (Å²) in [5, 5.41) is 9.43. The predicted molar refractivity (Wildman–Crippen MR) is 81.2 cm³/mol. The van der Waals surface area contributed by atoms with E-state index in [0.717, 1.165) is 12.8 Å². The lowest BCUT2D eigenvalue weighted by molar-refractivity contribution is -0.148. The van der Waals surface area contributed by atoms with Crippen molar-refractivity contribution in [1.82, 2.24) is 4.90 Å². The second kappa shape index (κ2) is 5.23. The Kier molecular flexibility index (Phi) is 3.63. The molecule has 0 unspecified atom stereocenters. The third kappa shape index (κ3) is 2.19. The van der Waals surface area contributed by atoms with Gasteiger partial charge in [0.2, 0.25) is 5.91 Å². The highest BCUT2D eigenvalue weighted by molar-refractivity contribution is 5.90. The van der Waals surface area contributed by atoms with Gasteiger partial charge in [0.25, 0.3) is 0 Å². The molecule has 22 heavy (non-hydrogen) atoms. The van der Waals surface area contributed by atoms with Crippen LogP contribution < -0.4 is 0 Å². The Labute approximate surface area is 130 Å². The summed E-state index contributed by atoms with van der Waals surface area (Å²) in [7, 11) is 0. The van der Waals surface area contributed by atoms with Crippen LogP contribution >= 0.6 is 0 Å². The normalized spacial score (nSPS) is 36.6. The van der Waals surface area contributed by atoms with Crippen molar-refractivity contribution < 1.29 is 19.4 Å². The van der Waals surface area contributed by atoms with Crippen molar-refractivity contribution in [2.45, 2.75) is 51.4 Å². The Bertz CT molecular complexity index is 563. The van der Waals surface area contributed by atoms with Gasteiger partial charge < -0.3 is 14.7 Å². The minimum absolute atomic E-state index is 0.0658. The van der Waals surface area contributed by atoms with Gasteiger partial charge in [0, 0.05) is 6.04 Å². The first-order valence-corrected chi connectivity index (χ1v) is 7.89. The van der Waals surface area contributed by atoms with Gasteiger partial charge >= 0.3 is 5.97 Å². The van der Waals surface area contributed by atoms with Gasteiger partial charge in [-0.25, -0.2) is 0 Å². The molecule has 3 aliphatic rings. The van der Waals surface area contributed by atoms with Crippen LogP contribution in [0.3, 0.4) is 0 Å². The second-order valence-corrected chi connectivity index (χ2v) is 6.91. The topological polar surface area (TPSA) is 66.8 Å². The van der Waals surface area contributed by atoms with E-state index >= 15 is 0 Å². The Morgan fingerprint density at radius 1 is 1.59 bits per heavy atom. The number of carboxylic acid groups (broad SMARTS) is 1. The Morgan fingerprint density at radius 3 is 2.95 bits per heavy atom. The van der Waals surface area contributed by atoms with Crippen LogP contribution in [0.4, 0.5) is 0 Å². The van der Waals surface area contributed by atoms with Crippen LogP contribution in [0.2, 0.25) is 0 Å². The van der Waals surface area contributed by atoms with E-state index in [9.17, 15) is 14.7 Å². The van der Waals surface area contributed by atoms with Crippen LogP contribution in [0, 0.1) is 11.8 Å². The van der Waals surface area contributed by atoms with Crippen LogP contribution in [0.5, 0.6) is 0 Å². The number of nitrogens with zero attached hydrogens (tertiary/aromatic N) is 1. The molecule has 1 amide bonds. The number of hydrogen-bond donors (Lipinski definition) is 1. The van der Waals surface area contributed by atoms with Crippen molar-refractivity contribution >= 4 is 11.9 Å². The third-order valence-corrected chi connectivity index (χ3v) is 5.08. The zero-order valence-corrected chi connectivity index (χ0v) is 13.3. The number of carboxylic acids is 1. The van der Waals surface area contributed by atoms with Crippen LogP contribution in [0.15, 0.2) is 23.8 Å². The molecule has 120 valence electrons. The smallest absolute Gasteiger partial charge is 0.310 e. The highest BCUT2D eigenvalue weighted by Crippen LogP contribution is 2.52. The summed E-state index contributed by atoms with van der Waals surface area (Å²) in [6, 6.07) is 0.0913. The Hall–Kier alpha value is -1.62. The summed E-state index contributed by atoms with van der Waals surface area (Å²) in [6.45, 7) is 6.62. The van der Waals surface area contributed by atoms with Crippen molar-refractivity contribution in [3.05, 3.63) is 23.8 Å². The first-order valence-electron chi connectivity index (χ1n) is 7.89. The highest BCUT2D eigenvalue weighted by atomic mass is 16.5. The average molecular weight is 305 g/mol. The number of hydrogen-bond acceptors (Lipinski definition) is 3. The number of likely N-dealkylation sites (tertiary alicyclic amines) is 1. The number of ether oxygens (including phenoxy) is 1. The third-order valence-electron chi connectivity index (χ3n) is 5.08. The minimum Gasteiger partial charge on any atom is -0.481 e. The maximum atomic E-state index is 12.8. The number of aliphatic carboxylic acids is 1. The van der Waals surface area contributed by atoms with Gasteiger partial charge in [-0.3, -0.25) is 9.59 Å². The SMILES string of the molecule is CC(C)=CCC[C@@H](C)N1C[C@]23C=C[C@@H](O2)[C@@H](C(=O)O)[C@@H]3C1=O. The van der Waals surface area contributed by atoms with Crippen molar-refractivity contribution in [2.75, 3.05) is 6.54 Å². The number of fused-ring (bicyclic) bond motifs is 1. The number of amides is 1. The molecule has 0 saturated carbocycles.